The summed E-state index contributed by atoms with van der Waals surface area (Å²) in [4.78, 5) is 12.1. The van der Waals surface area contributed by atoms with E-state index in [1.165, 1.54) is 0 Å². The Labute approximate surface area is 115 Å². The molecule has 1 heterocycles. The van der Waals surface area contributed by atoms with Gasteiger partial charge in [-0.3, -0.25) is 4.79 Å². The summed E-state index contributed by atoms with van der Waals surface area (Å²) in [5.41, 5.74) is 6.84. The molecule has 0 aromatic heterocycles. The van der Waals surface area contributed by atoms with Crippen LogP contribution in [-0.4, -0.2) is 25.2 Å². The Kier molecular flexibility index (Phi) is 4.24. The van der Waals surface area contributed by atoms with Crippen molar-refractivity contribution in [1.82, 2.24) is 5.32 Å². The Balaban J connectivity index is 2.02. The van der Waals surface area contributed by atoms with Crippen molar-refractivity contribution < 1.29 is 9.53 Å². The molecule has 2 rings (SSSR count). The Morgan fingerprint density at radius 3 is 3.00 bits per heavy atom. The molecule has 1 aliphatic rings. The number of halogens is 1. The van der Waals surface area contributed by atoms with Crippen LogP contribution < -0.4 is 11.1 Å². The van der Waals surface area contributed by atoms with Crippen LogP contribution in [0.15, 0.2) is 22.7 Å². The number of amides is 1. The molecular weight excluding hydrogens is 296 g/mol. The maximum absolute atomic E-state index is 12.1. The molecule has 18 heavy (non-hydrogen) atoms. The van der Waals surface area contributed by atoms with Gasteiger partial charge < -0.3 is 15.8 Å². The first kappa shape index (κ1) is 13.4. The summed E-state index contributed by atoms with van der Waals surface area (Å²) >= 11 is 3.32. The minimum atomic E-state index is -0.126. The molecule has 0 spiro atoms. The number of nitrogens with two attached hydrogens (primary N) is 1. The maximum atomic E-state index is 12.1. The number of rotatable bonds is 3. The van der Waals surface area contributed by atoms with Gasteiger partial charge in [0.15, 0.2) is 0 Å². The highest BCUT2D eigenvalue weighted by Gasteiger charge is 2.24. The number of nitrogens with one attached hydrogen (secondary N) is 1. The van der Waals surface area contributed by atoms with E-state index in [0.29, 0.717) is 17.2 Å². The molecule has 0 saturated carbocycles. The van der Waals surface area contributed by atoms with Crippen LogP contribution in [0.1, 0.15) is 23.7 Å². The number of hydrogen-bond donors (Lipinski definition) is 2. The van der Waals surface area contributed by atoms with Gasteiger partial charge in [0, 0.05) is 28.7 Å². The van der Waals surface area contributed by atoms with Crippen molar-refractivity contribution in [2.24, 2.45) is 5.92 Å². The fourth-order valence-corrected chi connectivity index (χ4v) is 2.47. The first-order valence-electron chi connectivity index (χ1n) is 6.01. The van der Waals surface area contributed by atoms with Gasteiger partial charge in [-0.1, -0.05) is 15.9 Å². The van der Waals surface area contributed by atoms with E-state index < -0.39 is 0 Å². The Morgan fingerprint density at radius 1 is 1.61 bits per heavy atom. The average molecular weight is 313 g/mol. The van der Waals surface area contributed by atoms with Crippen LogP contribution in [0.2, 0.25) is 0 Å². The first-order valence-corrected chi connectivity index (χ1v) is 6.81. The van der Waals surface area contributed by atoms with Gasteiger partial charge in [0.05, 0.1) is 12.2 Å². The summed E-state index contributed by atoms with van der Waals surface area (Å²) in [7, 11) is 0. The predicted octanol–water partition coefficient (Wildman–Crippen LogP) is 2.19. The van der Waals surface area contributed by atoms with Gasteiger partial charge in [0.25, 0.3) is 5.91 Å². The monoisotopic (exact) mass is 312 g/mol. The van der Waals surface area contributed by atoms with Crippen molar-refractivity contribution in [3.05, 3.63) is 28.2 Å². The smallest absolute Gasteiger partial charge is 0.253 e. The summed E-state index contributed by atoms with van der Waals surface area (Å²) in [6, 6.07) is 5.38. The molecule has 2 unspecified atom stereocenters. The molecule has 0 bridgehead atoms. The number of anilines is 1. The third-order valence-electron chi connectivity index (χ3n) is 3.29. The highest BCUT2D eigenvalue weighted by molar-refractivity contribution is 9.10. The molecule has 0 aliphatic carbocycles. The molecule has 1 fully saturated rings. The van der Waals surface area contributed by atoms with Crippen molar-refractivity contribution >= 4 is 27.5 Å². The quantitative estimate of drug-likeness (QED) is 0.841. The summed E-state index contributed by atoms with van der Waals surface area (Å²) in [6.07, 6.45) is 0.997. The lowest BCUT2D eigenvalue weighted by Gasteiger charge is -2.19. The molecular formula is C13H17BrN2O2. The van der Waals surface area contributed by atoms with E-state index in [1.54, 1.807) is 12.1 Å². The van der Waals surface area contributed by atoms with Crippen LogP contribution in [0, 0.1) is 5.92 Å². The van der Waals surface area contributed by atoms with E-state index >= 15 is 0 Å². The fourth-order valence-electron chi connectivity index (χ4n) is 2.09. The minimum absolute atomic E-state index is 0.100. The van der Waals surface area contributed by atoms with Crippen molar-refractivity contribution in [2.75, 3.05) is 18.9 Å². The summed E-state index contributed by atoms with van der Waals surface area (Å²) in [5, 5.41) is 2.98. The molecule has 1 aliphatic heterocycles. The molecule has 4 nitrogen and oxygen atoms in total. The molecule has 98 valence electrons. The van der Waals surface area contributed by atoms with Gasteiger partial charge in [-0.2, -0.15) is 0 Å². The van der Waals surface area contributed by atoms with Crippen LogP contribution >= 0.6 is 15.9 Å². The number of benzene rings is 1. The Hall–Kier alpha value is -1.07. The molecule has 1 aromatic carbocycles. The standard InChI is InChI=1S/C13H17BrN2O2/c1-8(9-4-5-18-7-9)16-13(17)11-3-2-10(14)6-12(11)15/h2-3,6,8-9H,4-5,7,15H2,1H3,(H,16,17). The minimum Gasteiger partial charge on any atom is -0.398 e. The fraction of sp³-hybridized carbons (Fsp3) is 0.462. The van der Waals surface area contributed by atoms with Crippen molar-refractivity contribution in [3.63, 3.8) is 0 Å². The topological polar surface area (TPSA) is 64.4 Å². The van der Waals surface area contributed by atoms with Gasteiger partial charge in [-0.15, -0.1) is 0 Å². The van der Waals surface area contributed by atoms with Crippen LogP contribution in [0.25, 0.3) is 0 Å². The van der Waals surface area contributed by atoms with Crippen LogP contribution in [0.3, 0.4) is 0 Å². The molecule has 1 aromatic rings. The number of hydrogen-bond acceptors (Lipinski definition) is 3. The first-order chi connectivity index (χ1) is 8.58. The highest BCUT2D eigenvalue weighted by atomic mass is 79.9. The Bertz CT molecular complexity index is 445. The normalized spacial score (nSPS) is 20.7. The van der Waals surface area contributed by atoms with Gasteiger partial charge in [0.1, 0.15) is 0 Å². The molecule has 1 saturated heterocycles. The molecule has 2 atom stereocenters. The number of ether oxygens (including phenoxy) is 1. The van der Waals surface area contributed by atoms with E-state index in [2.05, 4.69) is 21.2 Å². The number of carbonyl (C=O) groups excluding carboxylic acids is 1. The second-order valence-electron chi connectivity index (χ2n) is 4.62. The number of nitrogen functional groups attached to an aromatic ring is 1. The largest absolute Gasteiger partial charge is 0.398 e. The third kappa shape index (κ3) is 3.03. The molecule has 1 amide bonds. The summed E-state index contributed by atoms with van der Waals surface area (Å²) in [6.45, 7) is 3.51. The second-order valence-corrected chi connectivity index (χ2v) is 5.53. The highest BCUT2D eigenvalue weighted by Crippen LogP contribution is 2.20. The van der Waals surface area contributed by atoms with E-state index in [-0.39, 0.29) is 11.9 Å². The zero-order chi connectivity index (χ0) is 13.1. The van der Waals surface area contributed by atoms with Crippen molar-refractivity contribution in [2.45, 2.75) is 19.4 Å². The van der Waals surface area contributed by atoms with Crippen molar-refractivity contribution in [3.8, 4) is 0 Å². The van der Waals surface area contributed by atoms with Crippen molar-refractivity contribution in [1.29, 1.82) is 0 Å². The van der Waals surface area contributed by atoms with E-state index in [1.807, 2.05) is 13.0 Å². The van der Waals surface area contributed by atoms with Gasteiger partial charge in [-0.05, 0) is 31.5 Å². The molecule has 0 radical (unpaired) electrons. The lowest BCUT2D eigenvalue weighted by atomic mass is 10.0. The van der Waals surface area contributed by atoms with E-state index in [0.717, 1.165) is 24.1 Å². The number of carbonyl (C=O) groups is 1. The zero-order valence-corrected chi connectivity index (χ0v) is 11.9. The SMILES string of the molecule is CC(NC(=O)c1ccc(Br)cc1N)C1CCOC1. The predicted molar refractivity (Wildman–Crippen MR) is 74.4 cm³/mol. The second kappa shape index (κ2) is 5.71. The van der Waals surface area contributed by atoms with Gasteiger partial charge in [-0.25, -0.2) is 0 Å². The summed E-state index contributed by atoms with van der Waals surface area (Å²) in [5.74, 6) is 0.269. The third-order valence-corrected chi connectivity index (χ3v) is 3.78. The zero-order valence-electron chi connectivity index (χ0n) is 10.3. The van der Waals surface area contributed by atoms with Gasteiger partial charge >= 0.3 is 0 Å². The van der Waals surface area contributed by atoms with E-state index in [9.17, 15) is 4.79 Å². The Morgan fingerprint density at radius 2 is 2.39 bits per heavy atom. The molecule has 5 heteroatoms. The molecule has 3 N–H and O–H groups in total. The van der Waals surface area contributed by atoms with Crippen LogP contribution in [0.5, 0.6) is 0 Å². The summed E-state index contributed by atoms with van der Waals surface area (Å²) < 4.78 is 6.19. The lowest BCUT2D eigenvalue weighted by molar-refractivity contribution is 0.0923. The van der Waals surface area contributed by atoms with Crippen LogP contribution in [0.4, 0.5) is 5.69 Å². The van der Waals surface area contributed by atoms with Crippen LogP contribution in [-0.2, 0) is 4.74 Å². The lowest BCUT2D eigenvalue weighted by Crippen LogP contribution is -2.38. The average Bonchev–Trinajstić information content (AvgIpc) is 2.81. The van der Waals surface area contributed by atoms with Gasteiger partial charge in [0.2, 0.25) is 0 Å². The maximum Gasteiger partial charge on any atom is 0.253 e. The van der Waals surface area contributed by atoms with E-state index in [4.69, 9.17) is 10.5 Å².